The fourth-order valence-corrected chi connectivity index (χ4v) is 2.46. The van der Waals surface area contributed by atoms with Crippen LogP contribution in [0.1, 0.15) is 5.69 Å². The number of aliphatic hydroxyl groups is 1. The zero-order valence-corrected chi connectivity index (χ0v) is 12.1. The zero-order valence-electron chi connectivity index (χ0n) is 9.72. The lowest BCUT2D eigenvalue weighted by atomic mass is 10.4. The van der Waals surface area contributed by atoms with Crippen LogP contribution in [0.25, 0.3) is 0 Å². The second-order valence-corrected chi connectivity index (χ2v) is 5.29. The fourth-order valence-electron chi connectivity index (χ4n) is 1.43. The first-order chi connectivity index (χ1) is 9.11. The molecule has 0 radical (unpaired) electrons. The van der Waals surface area contributed by atoms with E-state index in [1.54, 1.807) is 5.38 Å². The maximum Gasteiger partial charge on any atom is 0.304 e. The molecule has 2 rings (SSSR count). The summed E-state index contributed by atoms with van der Waals surface area (Å²) in [6.45, 7) is 0.389. The van der Waals surface area contributed by atoms with Crippen LogP contribution in [0, 0.1) is 0 Å². The summed E-state index contributed by atoms with van der Waals surface area (Å²) >= 11 is 4.28. The van der Waals surface area contributed by atoms with Crippen molar-refractivity contribution in [2.45, 2.75) is 13.1 Å². The number of aliphatic hydroxyl groups excluding tert-OH is 1. The molecule has 0 amide bonds. The van der Waals surface area contributed by atoms with Crippen molar-refractivity contribution in [3.8, 4) is 0 Å². The van der Waals surface area contributed by atoms with Crippen molar-refractivity contribution in [2.75, 3.05) is 11.9 Å². The van der Waals surface area contributed by atoms with Gasteiger partial charge in [-0.3, -0.25) is 9.59 Å². The number of thiazole rings is 1. The number of aromatic nitrogens is 3. The number of nitrogens with one attached hydrogen (secondary N) is 2. The monoisotopic (exact) mass is 346 g/mol. The Kier molecular flexibility index (Phi) is 4.51. The highest BCUT2D eigenvalue weighted by Crippen LogP contribution is 2.16. The first kappa shape index (κ1) is 14.0. The van der Waals surface area contributed by atoms with E-state index in [-0.39, 0.29) is 23.6 Å². The molecule has 0 aliphatic heterocycles. The highest BCUT2D eigenvalue weighted by atomic mass is 79.9. The van der Waals surface area contributed by atoms with Gasteiger partial charge in [-0.2, -0.15) is 5.10 Å². The molecule has 0 spiro atoms. The highest BCUT2D eigenvalue weighted by Gasteiger charge is 2.08. The molecule has 0 saturated carbocycles. The molecule has 2 aromatic rings. The summed E-state index contributed by atoms with van der Waals surface area (Å²) in [5, 5.41) is 17.4. The lowest BCUT2D eigenvalue weighted by molar-refractivity contribution is 0.266. The van der Waals surface area contributed by atoms with E-state index < -0.39 is 0 Å². The molecule has 0 aliphatic carbocycles. The van der Waals surface area contributed by atoms with Gasteiger partial charge in [0.05, 0.1) is 31.6 Å². The molecule has 102 valence electrons. The van der Waals surface area contributed by atoms with Gasteiger partial charge in [0.1, 0.15) is 4.47 Å². The molecule has 0 aliphatic rings. The van der Waals surface area contributed by atoms with Crippen LogP contribution in [-0.4, -0.2) is 26.5 Å². The maximum atomic E-state index is 11.8. The van der Waals surface area contributed by atoms with Crippen LogP contribution in [-0.2, 0) is 13.1 Å². The summed E-state index contributed by atoms with van der Waals surface area (Å²) in [6.07, 6.45) is 1.49. The Morgan fingerprint density at radius 1 is 1.53 bits per heavy atom. The smallest absolute Gasteiger partial charge is 0.304 e. The van der Waals surface area contributed by atoms with Gasteiger partial charge in [-0.05, 0) is 15.9 Å². The molecule has 0 saturated heterocycles. The van der Waals surface area contributed by atoms with Gasteiger partial charge in [0, 0.05) is 11.1 Å². The van der Waals surface area contributed by atoms with Gasteiger partial charge < -0.3 is 15.4 Å². The number of hydrogen-bond donors (Lipinski definition) is 3. The summed E-state index contributed by atoms with van der Waals surface area (Å²) < 4.78 is 1.51. The van der Waals surface area contributed by atoms with Gasteiger partial charge in [-0.15, -0.1) is 0 Å². The fraction of sp³-hybridized carbons (Fsp3) is 0.300. The first-order valence-corrected chi connectivity index (χ1v) is 7.06. The standard InChI is InChI=1S/C10H11BrN4O3S/c11-8-7(4-13-15(1-2-16)9(8)17)12-3-6-5-19-10(18)14-6/h4-5,12,16H,1-3H2,(H,14,18). The Balaban J connectivity index is 2.15. The predicted octanol–water partition coefficient (Wildman–Crippen LogP) is 0.360. The highest BCUT2D eigenvalue weighted by molar-refractivity contribution is 9.10. The van der Waals surface area contributed by atoms with Crippen molar-refractivity contribution in [2.24, 2.45) is 0 Å². The molecule has 19 heavy (non-hydrogen) atoms. The molecule has 2 aromatic heterocycles. The van der Waals surface area contributed by atoms with Crippen LogP contribution >= 0.6 is 27.3 Å². The second-order valence-electron chi connectivity index (χ2n) is 3.65. The van der Waals surface area contributed by atoms with Crippen molar-refractivity contribution in [1.29, 1.82) is 0 Å². The van der Waals surface area contributed by atoms with E-state index in [1.807, 2.05) is 0 Å². The van der Waals surface area contributed by atoms with Crippen molar-refractivity contribution in [1.82, 2.24) is 14.8 Å². The summed E-state index contributed by atoms with van der Waals surface area (Å²) in [5.41, 5.74) is 0.950. The van der Waals surface area contributed by atoms with E-state index in [9.17, 15) is 9.59 Å². The van der Waals surface area contributed by atoms with Crippen molar-refractivity contribution in [3.05, 3.63) is 41.8 Å². The molecule has 0 aromatic carbocycles. The number of halogens is 1. The van der Waals surface area contributed by atoms with Crippen LogP contribution in [0.4, 0.5) is 5.69 Å². The minimum Gasteiger partial charge on any atom is -0.394 e. The zero-order chi connectivity index (χ0) is 13.8. The maximum absolute atomic E-state index is 11.8. The molecular formula is C10H11BrN4O3S. The van der Waals surface area contributed by atoms with Crippen molar-refractivity contribution in [3.63, 3.8) is 0 Å². The minimum atomic E-state index is -0.321. The van der Waals surface area contributed by atoms with Crippen LogP contribution in [0.2, 0.25) is 0 Å². The number of rotatable bonds is 5. The van der Waals surface area contributed by atoms with Crippen LogP contribution in [0.5, 0.6) is 0 Å². The van der Waals surface area contributed by atoms with Gasteiger partial charge in [-0.25, -0.2) is 4.68 Å². The number of nitrogens with zero attached hydrogens (tertiary/aromatic N) is 2. The molecule has 2 heterocycles. The average Bonchev–Trinajstić information content (AvgIpc) is 2.80. The van der Waals surface area contributed by atoms with E-state index in [4.69, 9.17) is 5.11 Å². The SMILES string of the molecule is O=c1[nH]c(CNc2cnn(CCO)c(=O)c2Br)cs1. The predicted molar refractivity (Wildman–Crippen MR) is 75.5 cm³/mol. The number of aromatic amines is 1. The Labute approximate surface area is 120 Å². The Hall–Kier alpha value is -1.45. The molecule has 0 bridgehead atoms. The summed E-state index contributed by atoms with van der Waals surface area (Å²) in [5.74, 6) is 0. The van der Waals surface area contributed by atoms with Crippen LogP contribution < -0.4 is 15.7 Å². The Morgan fingerprint density at radius 3 is 2.95 bits per heavy atom. The average molecular weight is 347 g/mol. The van der Waals surface area contributed by atoms with Crippen molar-refractivity contribution < 1.29 is 5.11 Å². The van der Waals surface area contributed by atoms with E-state index in [0.29, 0.717) is 16.7 Å². The molecular weight excluding hydrogens is 336 g/mol. The van der Waals surface area contributed by atoms with Gasteiger partial charge in [-0.1, -0.05) is 11.3 Å². The third kappa shape index (κ3) is 3.31. The van der Waals surface area contributed by atoms with Gasteiger partial charge in [0.25, 0.3) is 5.56 Å². The number of H-pyrrole nitrogens is 1. The summed E-state index contributed by atoms with van der Waals surface area (Å²) in [4.78, 5) is 25.4. The van der Waals surface area contributed by atoms with Gasteiger partial charge in [0.15, 0.2) is 0 Å². The topological polar surface area (TPSA) is 100 Å². The van der Waals surface area contributed by atoms with Crippen LogP contribution in [0.3, 0.4) is 0 Å². The lowest BCUT2D eigenvalue weighted by Gasteiger charge is -2.08. The van der Waals surface area contributed by atoms with Crippen LogP contribution in [0.15, 0.2) is 25.6 Å². The van der Waals surface area contributed by atoms with Gasteiger partial charge in [0.2, 0.25) is 0 Å². The third-order valence-corrected chi connectivity index (χ3v) is 3.82. The lowest BCUT2D eigenvalue weighted by Crippen LogP contribution is -2.25. The largest absolute Gasteiger partial charge is 0.394 e. The summed E-state index contributed by atoms with van der Waals surface area (Å²) in [7, 11) is 0. The quantitative estimate of drug-likeness (QED) is 0.725. The Bertz CT molecular complexity index is 678. The molecule has 0 unspecified atom stereocenters. The third-order valence-electron chi connectivity index (χ3n) is 2.34. The number of anilines is 1. The molecule has 7 nitrogen and oxygen atoms in total. The molecule has 0 fully saturated rings. The molecule has 9 heteroatoms. The van der Waals surface area contributed by atoms with E-state index >= 15 is 0 Å². The van der Waals surface area contributed by atoms with E-state index in [1.165, 1.54) is 10.9 Å². The molecule has 0 atom stereocenters. The Morgan fingerprint density at radius 2 is 2.32 bits per heavy atom. The normalized spacial score (nSPS) is 10.6. The summed E-state index contributed by atoms with van der Waals surface area (Å²) in [6, 6.07) is 0. The first-order valence-electron chi connectivity index (χ1n) is 5.39. The van der Waals surface area contributed by atoms with Gasteiger partial charge >= 0.3 is 4.87 Å². The minimum absolute atomic E-state index is 0.118. The molecule has 3 N–H and O–H groups in total. The van der Waals surface area contributed by atoms with E-state index in [0.717, 1.165) is 17.0 Å². The second kappa shape index (κ2) is 6.13. The van der Waals surface area contributed by atoms with E-state index in [2.05, 4.69) is 31.3 Å². The number of hydrogen-bond acceptors (Lipinski definition) is 6. The van der Waals surface area contributed by atoms with Crippen molar-refractivity contribution >= 4 is 33.0 Å².